The molecule has 0 aliphatic rings. The number of nitro groups is 1. The van der Waals surface area contributed by atoms with Gasteiger partial charge in [0.25, 0.3) is 5.69 Å². The van der Waals surface area contributed by atoms with E-state index in [-0.39, 0.29) is 5.69 Å². The molecule has 2 rings (SSSR count). The number of nitrogens with one attached hydrogen (secondary N) is 1. The molecule has 2 aromatic carbocycles. The molecule has 0 aliphatic heterocycles. The average molecular weight is 273 g/mol. The molecule has 0 fully saturated rings. The number of rotatable bonds is 6. The highest BCUT2D eigenvalue weighted by molar-refractivity contribution is 5.69. The Labute approximate surface area is 116 Å². The smallest absolute Gasteiger partial charge is 0.292 e. The molecule has 104 valence electrons. The minimum absolute atomic E-state index is 0.0379. The molecule has 2 aromatic rings. The van der Waals surface area contributed by atoms with Crippen LogP contribution in [0.1, 0.15) is 0 Å². The molecular formula is C14H15N3O3. The largest absolute Gasteiger partial charge is 0.492 e. The highest BCUT2D eigenvalue weighted by Crippen LogP contribution is 2.27. The molecule has 0 bridgehead atoms. The van der Waals surface area contributed by atoms with Crippen LogP contribution in [0.3, 0.4) is 0 Å². The summed E-state index contributed by atoms with van der Waals surface area (Å²) in [5.74, 6) is 0.712. The summed E-state index contributed by atoms with van der Waals surface area (Å²) in [6.07, 6.45) is 0. The van der Waals surface area contributed by atoms with Crippen molar-refractivity contribution in [3.8, 4) is 5.75 Å². The van der Waals surface area contributed by atoms with E-state index in [1.54, 1.807) is 42.5 Å². The summed E-state index contributed by atoms with van der Waals surface area (Å²) in [4.78, 5) is 10.5. The second-order valence-electron chi connectivity index (χ2n) is 4.06. The molecule has 0 heterocycles. The van der Waals surface area contributed by atoms with Crippen LogP contribution >= 0.6 is 0 Å². The predicted octanol–water partition coefficient (Wildman–Crippen LogP) is 2.68. The number of hydrogen-bond donors (Lipinski definition) is 2. The lowest BCUT2D eigenvalue weighted by Gasteiger charge is -2.08. The van der Waals surface area contributed by atoms with Crippen LogP contribution in [0, 0.1) is 10.1 Å². The number of nitro benzene ring substituents is 1. The van der Waals surface area contributed by atoms with E-state index < -0.39 is 4.92 Å². The number of nitrogens with zero attached hydrogens (tertiary/aromatic N) is 1. The number of hydrogen-bond acceptors (Lipinski definition) is 5. The molecule has 0 saturated carbocycles. The minimum atomic E-state index is -0.416. The molecule has 6 nitrogen and oxygen atoms in total. The third-order valence-electron chi connectivity index (χ3n) is 2.62. The maximum absolute atomic E-state index is 10.9. The normalized spacial score (nSPS) is 10.1. The Kier molecular flexibility index (Phi) is 4.52. The molecule has 0 atom stereocenters. The lowest BCUT2D eigenvalue weighted by Crippen LogP contribution is -2.10. The standard InChI is InChI=1S/C14H15N3O3/c15-9-10-20-12-7-5-11(6-8-12)16-13-3-1-2-4-14(13)17(18)19/h1-8,16H,9-10,15H2. The van der Waals surface area contributed by atoms with Gasteiger partial charge in [0.2, 0.25) is 0 Å². The van der Waals surface area contributed by atoms with Crippen LogP contribution in [0.4, 0.5) is 17.1 Å². The van der Waals surface area contributed by atoms with Crippen LogP contribution in [0.25, 0.3) is 0 Å². The van der Waals surface area contributed by atoms with E-state index in [0.29, 0.717) is 24.6 Å². The number of anilines is 2. The van der Waals surface area contributed by atoms with Gasteiger partial charge < -0.3 is 15.8 Å². The maximum Gasteiger partial charge on any atom is 0.292 e. The molecule has 0 amide bonds. The van der Waals surface area contributed by atoms with Crippen molar-refractivity contribution >= 4 is 17.1 Å². The first-order chi connectivity index (χ1) is 9.70. The van der Waals surface area contributed by atoms with Crippen LogP contribution in [0.2, 0.25) is 0 Å². The van der Waals surface area contributed by atoms with Crippen molar-refractivity contribution in [2.75, 3.05) is 18.5 Å². The van der Waals surface area contributed by atoms with Crippen LogP contribution in [0.15, 0.2) is 48.5 Å². The second-order valence-corrected chi connectivity index (χ2v) is 4.06. The SMILES string of the molecule is NCCOc1ccc(Nc2ccccc2[N+](=O)[O-])cc1. The number of nitrogens with two attached hydrogens (primary N) is 1. The first-order valence-electron chi connectivity index (χ1n) is 6.14. The molecule has 0 radical (unpaired) electrons. The van der Waals surface area contributed by atoms with Crippen molar-refractivity contribution < 1.29 is 9.66 Å². The van der Waals surface area contributed by atoms with Crippen LogP contribution in [-0.2, 0) is 0 Å². The Balaban J connectivity index is 2.12. The molecule has 20 heavy (non-hydrogen) atoms. The first-order valence-corrected chi connectivity index (χ1v) is 6.14. The van der Waals surface area contributed by atoms with Gasteiger partial charge in [-0.25, -0.2) is 0 Å². The molecule has 3 N–H and O–H groups in total. The Hall–Kier alpha value is -2.60. The Morgan fingerprint density at radius 2 is 1.85 bits per heavy atom. The van der Waals surface area contributed by atoms with Crippen LogP contribution < -0.4 is 15.8 Å². The molecular weight excluding hydrogens is 258 g/mol. The predicted molar refractivity (Wildman–Crippen MR) is 77.4 cm³/mol. The summed E-state index contributed by atoms with van der Waals surface area (Å²) in [6, 6.07) is 13.7. The van der Waals surface area contributed by atoms with Crippen molar-refractivity contribution in [2.45, 2.75) is 0 Å². The lowest BCUT2D eigenvalue weighted by molar-refractivity contribution is -0.383. The van der Waals surface area contributed by atoms with E-state index in [2.05, 4.69) is 5.32 Å². The first kappa shape index (κ1) is 13.8. The zero-order valence-corrected chi connectivity index (χ0v) is 10.8. The average Bonchev–Trinajstić information content (AvgIpc) is 2.47. The van der Waals surface area contributed by atoms with E-state index in [0.717, 1.165) is 5.69 Å². The van der Waals surface area contributed by atoms with Gasteiger partial charge in [-0.05, 0) is 30.3 Å². The van der Waals surface area contributed by atoms with E-state index >= 15 is 0 Å². The van der Waals surface area contributed by atoms with Gasteiger partial charge in [-0.3, -0.25) is 10.1 Å². The highest BCUT2D eigenvalue weighted by atomic mass is 16.6. The Morgan fingerprint density at radius 3 is 2.50 bits per heavy atom. The molecule has 0 spiro atoms. The zero-order chi connectivity index (χ0) is 14.4. The topological polar surface area (TPSA) is 90.4 Å². The lowest BCUT2D eigenvalue weighted by atomic mass is 10.2. The zero-order valence-electron chi connectivity index (χ0n) is 10.8. The van der Waals surface area contributed by atoms with Gasteiger partial charge in [-0.2, -0.15) is 0 Å². The van der Waals surface area contributed by atoms with E-state index in [1.165, 1.54) is 6.07 Å². The number of benzene rings is 2. The van der Waals surface area contributed by atoms with Crippen molar-refractivity contribution in [2.24, 2.45) is 5.73 Å². The summed E-state index contributed by atoms with van der Waals surface area (Å²) in [5.41, 5.74) is 6.59. The van der Waals surface area contributed by atoms with Gasteiger partial charge in [0.1, 0.15) is 18.0 Å². The van der Waals surface area contributed by atoms with Gasteiger partial charge in [-0.1, -0.05) is 12.1 Å². The van der Waals surface area contributed by atoms with Gasteiger partial charge >= 0.3 is 0 Å². The Morgan fingerprint density at radius 1 is 1.15 bits per heavy atom. The second kappa shape index (κ2) is 6.53. The summed E-state index contributed by atoms with van der Waals surface area (Å²) < 4.78 is 5.36. The highest BCUT2D eigenvalue weighted by Gasteiger charge is 2.11. The van der Waals surface area contributed by atoms with Gasteiger partial charge in [0.05, 0.1) is 4.92 Å². The molecule has 0 saturated heterocycles. The van der Waals surface area contributed by atoms with E-state index in [1.807, 2.05) is 0 Å². The molecule has 0 aromatic heterocycles. The fraction of sp³-hybridized carbons (Fsp3) is 0.143. The van der Waals surface area contributed by atoms with Crippen molar-refractivity contribution in [3.63, 3.8) is 0 Å². The summed E-state index contributed by atoms with van der Waals surface area (Å²) >= 11 is 0. The van der Waals surface area contributed by atoms with Crippen LogP contribution in [0.5, 0.6) is 5.75 Å². The van der Waals surface area contributed by atoms with Gasteiger partial charge in [-0.15, -0.1) is 0 Å². The molecule has 0 unspecified atom stereocenters. The summed E-state index contributed by atoms with van der Waals surface area (Å²) in [7, 11) is 0. The quantitative estimate of drug-likeness (QED) is 0.623. The fourth-order valence-corrected chi connectivity index (χ4v) is 1.71. The maximum atomic E-state index is 10.9. The van der Waals surface area contributed by atoms with E-state index in [4.69, 9.17) is 10.5 Å². The van der Waals surface area contributed by atoms with Crippen LogP contribution in [-0.4, -0.2) is 18.1 Å². The minimum Gasteiger partial charge on any atom is -0.492 e. The van der Waals surface area contributed by atoms with Gasteiger partial charge in [0.15, 0.2) is 0 Å². The third kappa shape index (κ3) is 3.46. The molecule has 0 aliphatic carbocycles. The summed E-state index contributed by atoms with van der Waals surface area (Å²) in [6.45, 7) is 0.910. The number of ether oxygens (including phenoxy) is 1. The van der Waals surface area contributed by atoms with Crippen molar-refractivity contribution in [1.29, 1.82) is 0 Å². The van der Waals surface area contributed by atoms with Crippen molar-refractivity contribution in [1.82, 2.24) is 0 Å². The number of para-hydroxylation sites is 2. The molecule has 6 heteroatoms. The van der Waals surface area contributed by atoms with E-state index in [9.17, 15) is 10.1 Å². The Bertz CT molecular complexity index is 584. The monoisotopic (exact) mass is 273 g/mol. The van der Waals surface area contributed by atoms with Crippen molar-refractivity contribution in [3.05, 3.63) is 58.6 Å². The summed E-state index contributed by atoms with van der Waals surface area (Å²) in [5, 5.41) is 13.9. The fourth-order valence-electron chi connectivity index (χ4n) is 1.71. The van der Waals surface area contributed by atoms with Gasteiger partial charge in [0, 0.05) is 18.3 Å². The third-order valence-corrected chi connectivity index (χ3v) is 2.62.